The second kappa shape index (κ2) is 7.83. The van der Waals surface area contributed by atoms with E-state index in [0.29, 0.717) is 0 Å². The third-order valence-corrected chi connectivity index (χ3v) is 6.09. The van der Waals surface area contributed by atoms with Gasteiger partial charge in [0.05, 0.1) is 6.42 Å². The van der Waals surface area contributed by atoms with Crippen LogP contribution >= 0.6 is 0 Å². The molecule has 1 fully saturated rings. The molecule has 0 aliphatic heterocycles. The molecule has 0 unspecified atom stereocenters. The molecule has 1 N–H and O–H groups in total. The number of benzene rings is 3. The largest absolute Gasteiger partial charge is 0.481 e. The summed E-state index contributed by atoms with van der Waals surface area (Å²) in [6.07, 6.45) is 3.35. The Bertz CT molecular complexity index is 1190. The molecule has 0 saturated heterocycles. The minimum atomic E-state index is -0.773. The van der Waals surface area contributed by atoms with Crippen LogP contribution in [-0.4, -0.2) is 15.6 Å². The molecule has 30 heavy (non-hydrogen) atoms. The highest BCUT2D eigenvalue weighted by Crippen LogP contribution is 2.36. The average Bonchev–Trinajstić information content (AvgIpc) is 3.55. The van der Waals surface area contributed by atoms with Gasteiger partial charge < -0.3 is 9.67 Å². The van der Waals surface area contributed by atoms with Crippen LogP contribution < -0.4 is 0 Å². The maximum absolute atomic E-state index is 11.7. The Kier molecular flexibility index (Phi) is 4.88. The van der Waals surface area contributed by atoms with E-state index in [0.717, 1.165) is 41.0 Å². The first kappa shape index (κ1) is 18.7. The van der Waals surface area contributed by atoms with Crippen molar-refractivity contribution >= 4 is 16.9 Å². The third-order valence-electron chi connectivity index (χ3n) is 6.09. The topological polar surface area (TPSA) is 42.2 Å². The van der Waals surface area contributed by atoms with Gasteiger partial charge in [0, 0.05) is 29.6 Å². The number of carboxylic acid groups (broad SMARTS) is 1. The Morgan fingerprint density at radius 3 is 2.23 bits per heavy atom. The van der Waals surface area contributed by atoms with Gasteiger partial charge in [-0.05, 0) is 47.1 Å². The van der Waals surface area contributed by atoms with Crippen molar-refractivity contribution in [3.05, 3.63) is 95.7 Å². The minimum absolute atomic E-state index is 0.0651. The van der Waals surface area contributed by atoms with Crippen LogP contribution in [0.15, 0.2) is 78.9 Å². The third kappa shape index (κ3) is 3.76. The van der Waals surface area contributed by atoms with Gasteiger partial charge in [-0.15, -0.1) is 0 Å². The Labute approximate surface area is 176 Å². The molecule has 0 amide bonds. The first-order chi connectivity index (χ1) is 14.7. The van der Waals surface area contributed by atoms with Crippen LogP contribution in [0.5, 0.6) is 0 Å². The summed E-state index contributed by atoms with van der Waals surface area (Å²) in [5.41, 5.74) is 6.89. The number of aromatic nitrogens is 1. The van der Waals surface area contributed by atoms with E-state index in [-0.39, 0.29) is 6.42 Å². The van der Waals surface area contributed by atoms with Crippen LogP contribution in [-0.2, 0) is 24.2 Å². The molecule has 1 aliphatic rings. The van der Waals surface area contributed by atoms with E-state index in [1.807, 2.05) is 12.1 Å². The molecule has 0 bridgehead atoms. The van der Waals surface area contributed by atoms with Crippen LogP contribution in [0.1, 0.15) is 29.7 Å². The Hall–Kier alpha value is -3.33. The summed E-state index contributed by atoms with van der Waals surface area (Å²) in [7, 11) is 0. The normalized spacial score (nSPS) is 13.6. The van der Waals surface area contributed by atoms with Crippen molar-refractivity contribution in [2.24, 2.45) is 5.92 Å². The number of carboxylic acids is 1. The van der Waals surface area contributed by atoms with Gasteiger partial charge in [-0.2, -0.15) is 0 Å². The Morgan fingerprint density at radius 2 is 1.53 bits per heavy atom. The van der Waals surface area contributed by atoms with Gasteiger partial charge in [-0.1, -0.05) is 72.8 Å². The number of aliphatic carboxylic acids is 1. The van der Waals surface area contributed by atoms with E-state index >= 15 is 0 Å². The maximum atomic E-state index is 11.7. The highest BCUT2D eigenvalue weighted by atomic mass is 16.4. The molecule has 0 atom stereocenters. The van der Waals surface area contributed by atoms with Crippen molar-refractivity contribution in [2.45, 2.75) is 32.2 Å². The lowest BCUT2D eigenvalue weighted by Crippen LogP contribution is -2.09. The quantitative estimate of drug-likeness (QED) is 0.421. The van der Waals surface area contributed by atoms with E-state index in [1.165, 1.54) is 29.5 Å². The number of para-hydroxylation sites is 1. The molecule has 3 heteroatoms. The van der Waals surface area contributed by atoms with Gasteiger partial charge in [-0.25, -0.2) is 0 Å². The zero-order valence-corrected chi connectivity index (χ0v) is 16.9. The highest BCUT2D eigenvalue weighted by Gasteiger charge is 2.26. The van der Waals surface area contributed by atoms with Gasteiger partial charge in [0.2, 0.25) is 0 Å². The fourth-order valence-electron chi connectivity index (χ4n) is 4.38. The number of hydrogen-bond donors (Lipinski definition) is 1. The molecule has 3 aromatic carbocycles. The van der Waals surface area contributed by atoms with E-state index < -0.39 is 5.97 Å². The summed E-state index contributed by atoms with van der Waals surface area (Å²) >= 11 is 0. The van der Waals surface area contributed by atoms with E-state index in [9.17, 15) is 9.90 Å². The van der Waals surface area contributed by atoms with Crippen molar-refractivity contribution in [3.8, 4) is 11.1 Å². The van der Waals surface area contributed by atoms with Crippen molar-refractivity contribution in [2.75, 3.05) is 0 Å². The lowest BCUT2D eigenvalue weighted by molar-refractivity contribution is -0.136. The zero-order valence-electron chi connectivity index (χ0n) is 16.9. The van der Waals surface area contributed by atoms with Gasteiger partial charge in [-0.3, -0.25) is 4.79 Å². The number of carbonyl (C=O) groups is 1. The van der Waals surface area contributed by atoms with E-state index in [4.69, 9.17) is 0 Å². The standard InChI is InChI=1S/C27H25NO2/c29-27(30)17-24-23-8-4-5-9-25(23)28(18-20-10-11-20)26(24)16-19-12-14-22(15-13-19)21-6-2-1-3-7-21/h1-9,12-15,20H,10-11,16-18H2,(H,29,30). The molecular weight excluding hydrogens is 370 g/mol. The molecule has 4 aromatic rings. The first-order valence-corrected chi connectivity index (χ1v) is 10.6. The maximum Gasteiger partial charge on any atom is 0.307 e. The summed E-state index contributed by atoms with van der Waals surface area (Å²) in [5.74, 6) is -0.0531. The fraction of sp³-hybridized carbons (Fsp3) is 0.222. The van der Waals surface area contributed by atoms with Crippen LogP contribution in [0.4, 0.5) is 0 Å². The molecule has 3 nitrogen and oxygen atoms in total. The minimum Gasteiger partial charge on any atom is -0.481 e. The number of fused-ring (bicyclic) bond motifs is 1. The van der Waals surface area contributed by atoms with Gasteiger partial charge in [0.25, 0.3) is 0 Å². The average molecular weight is 396 g/mol. The van der Waals surface area contributed by atoms with Crippen LogP contribution in [0.25, 0.3) is 22.0 Å². The molecule has 0 spiro atoms. The molecule has 5 rings (SSSR count). The van der Waals surface area contributed by atoms with Crippen molar-refractivity contribution < 1.29 is 9.90 Å². The summed E-state index contributed by atoms with van der Waals surface area (Å²) < 4.78 is 2.39. The summed E-state index contributed by atoms with van der Waals surface area (Å²) in [5, 5.41) is 10.7. The van der Waals surface area contributed by atoms with Crippen LogP contribution in [0.3, 0.4) is 0 Å². The van der Waals surface area contributed by atoms with Crippen LogP contribution in [0.2, 0.25) is 0 Å². The van der Waals surface area contributed by atoms with E-state index in [1.54, 1.807) is 0 Å². The number of rotatable bonds is 7. The van der Waals surface area contributed by atoms with Gasteiger partial charge in [0.15, 0.2) is 0 Å². The van der Waals surface area contributed by atoms with E-state index in [2.05, 4.69) is 71.3 Å². The van der Waals surface area contributed by atoms with Gasteiger partial charge in [0.1, 0.15) is 0 Å². The summed E-state index contributed by atoms with van der Waals surface area (Å²) in [6, 6.07) is 27.3. The summed E-state index contributed by atoms with van der Waals surface area (Å²) in [6.45, 7) is 0.984. The first-order valence-electron chi connectivity index (χ1n) is 10.6. The molecule has 1 aromatic heterocycles. The molecule has 1 heterocycles. The fourth-order valence-corrected chi connectivity index (χ4v) is 4.38. The molecule has 1 aliphatic carbocycles. The van der Waals surface area contributed by atoms with Crippen molar-refractivity contribution in [3.63, 3.8) is 0 Å². The van der Waals surface area contributed by atoms with Crippen molar-refractivity contribution in [1.29, 1.82) is 0 Å². The SMILES string of the molecule is O=C(O)Cc1c(Cc2ccc(-c3ccccc3)cc2)n(CC2CC2)c2ccccc12. The molecule has 1 saturated carbocycles. The predicted molar refractivity (Wildman–Crippen MR) is 121 cm³/mol. The molecule has 150 valence electrons. The van der Waals surface area contributed by atoms with Crippen molar-refractivity contribution in [1.82, 2.24) is 4.57 Å². The second-order valence-corrected chi connectivity index (χ2v) is 8.31. The lowest BCUT2D eigenvalue weighted by Gasteiger charge is -2.13. The highest BCUT2D eigenvalue weighted by molar-refractivity contribution is 5.89. The predicted octanol–water partition coefficient (Wildman–Crippen LogP) is 5.94. The smallest absolute Gasteiger partial charge is 0.307 e. The number of hydrogen-bond acceptors (Lipinski definition) is 1. The summed E-state index contributed by atoms with van der Waals surface area (Å²) in [4.78, 5) is 11.7. The second-order valence-electron chi connectivity index (χ2n) is 8.31. The van der Waals surface area contributed by atoms with Crippen LogP contribution in [0, 0.1) is 5.92 Å². The zero-order chi connectivity index (χ0) is 20.5. The molecule has 0 radical (unpaired) electrons. The van der Waals surface area contributed by atoms with Gasteiger partial charge >= 0.3 is 5.97 Å². The number of nitrogens with zero attached hydrogens (tertiary/aromatic N) is 1. The Balaban J connectivity index is 1.54. The lowest BCUT2D eigenvalue weighted by atomic mass is 9.99. The molecular formula is C27H25NO2. The Morgan fingerprint density at radius 1 is 0.867 bits per heavy atom. The monoisotopic (exact) mass is 395 g/mol.